The van der Waals surface area contributed by atoms with E-state index in [1.54, 1.807) is 6.07 Å². The van der Waals surface area contributed by atoms with Crippen LogP contribution in [0.4, 0.5) is 0 Å². The molecule has 0 aliphatic heterocycles. The van der Waals surface area contributed by atoms with Gasteiger partial charge in [0, 0.05) is 6.07 Å². The summed E-state index contributed by atoms with van der Waals surface area (Å²) in [6, 6.07) is 10.8. The van der Waals surface area contributed by atoms with Crippen LogP contribution in [-0.4, -0.2) is 11.3 Å². The fourth-order valence-electron chi connectivity index (χ4n) is 1.20. The van der Waals surface area contributed by atoms with Gasteiger partial charge in [-0.3, -0.25) is 4.79 Å². The van der Waals surface area contributed by atoms with Crippen LogP contribution in [0.3, 0.4) is 0 Å². The molecule has 4 heteroatoms. The molecule has 3 nitrogen and oxygen atoms in total. The molecule has 0 N–H and O–H groups in total. The zero-order valence-corrected chi connectivity index (χ0v) is 9.02. The minimum atomic E-state index is 0.210. The first kappa shape index (κ1) is 10.6. The fraction of sp³-hybridized carbons (Fsp3) is 0. The van der Waals surface area contributed by atoms with Crippen molar-refractivity contribution in [3.63, 3.8) is 0 Å². The molecule has 1 aromatic carbocycles. The highest BCUT2D eigenvalue weighted by molar-refractivity contribution is 6.32. The van der Waals surface area contributed by atoms with Gasteiger partial charge in [-0.1, -0.05) is 29.8 Å². The summed E-state index contributed by atoms with van der Waals surface area (Å²) in [6.07, 6.45) is 2.07. The van der Waals surface area contributed by atoms with Crippen molar-refractivity contribution in [2.24, 2.45) is 0 Å². The van der Waals surface area contributed by atoms with E-state index in [9.17, 15) is 4.79 Å². The van der Waals surface area contributed by atoms with E-state index in [1.165, 1.54) is 6.20 Å². The number of hydrogen-bond donors (Lipinski definition) is 0. The van der Waals surface area contributed by atoms with Crippen LogP contribution in [0.2, 0.25) is 5.02 Å². The van der Waals surface area contributed by atoms with E-state index < -0.39 is 0 Å². The zero-order valence-electron chi connectivity index (χ0n) is 8.26. The predicted octanol–water partition coefficient (Wildman–Crippen LogP) is 3.34. The molecule has 0 atom stereocenters. The van der Waals surface area contributed by atoms with Gasteiger partial charge in [0.05, 0.1) is 11.2 Å². The monoisotopic (exact) mass is 233 g/mol. The molecular formula is C12H8ClNO2. The van der Waals surface area contributed by atoms with Gasteiger partial charge in [0.15, 0.2) is 6.29 Å². The number of hydrogen-bond acceptors (Lipinski definition) is 3. The van der Waals surface area contributed by atoms with Crippen LogP contribution in [0.1, 0.15) is 10.5 Å². The Morgan fingerprint density at radius 1 is 1.19 bits per heavy atom. The maximum Gasteiger partial charge on any atom is 0.169 e. The van der Waals surface area contributed by atoms with Gasteiger partial charge < -0.3 is 4.74 Å². The summed E-state index contributed by atoms with van der Waals surface area (Å²) in [5.74, 6) is 1.20. The van der Waals surface area contributed by atoms with Gasteiger partial charge >= 0.3 is 0 Å². The van der Waals surface area contributed by atoms with E-state index in [4.69, 9.17) is 16.3 Å². The van der Waals surface area contributed by atoms with Crippen LogP contribution < -0.4 is 4.74 Å². The molecule has 0 aliphatic rings. The van der Waals surface area contributed by atoms with Gasteiger partial charge in [0.1, 0.15) is 17.2 Å². The Hall–Kier alpha value is -1.87. The summed E-state index contributed by atoms with van der Waals surface area (Å²) in [5.41, 5.74) is 0.210. The number of para-hydroxylation sites is 1. The number of aldehydes is 1. The molecule has 0 bridgehead atoms. The van der Waals surface area contributed by atoms with Gasteiger partial charge in [-0.05, 0) is 12.1 Å². The van der Waals surface area contributed by atoms with E-state index in [-0.39, 0.29) is 10.7 Å². The maximum atomic E-state index is 10.5. The number of carbonyl (C=O) groups excluding carboxylic acids is 1. The predicted molar refractivity (Wildman–Crippen MR) is 61.2 cm³/mol. The summed E-state index contributed by atoms with van der Waals surface area (Å²) in [6.45, 7) is 0. The number of carbonyl (C=O) groups is 1. The van der Waals surface area contributed by atoms with Crippen molar-refractivity contribution >= 4 is 17.9 Å². The number of halogens is 1. The van der Waals surface area contributed by atoms with Crippen LogP contribution in [0.5, 0.6) is 11.5 Å². The highest BCUT2D eigenvalue weighted by atomic mass is 35.5. The summed E-state index contributed by atoms with van der Waals surface area (Å²) in [5, 5.41) is 0.281. The Morgan fingerprint density at radius 2 is 1.94 bits per heavy atom. The molecule has 2 rings (SSSR count). The lowest BCUT2D eigenvalue weighted by molar-refractivity contribution is 0.111. The Bertz CT molecular complexity index is 500. The molecule has 0 unspecified atom stereocenters. The molecule has 0 saturated carbocycles. The second kappa shape index (κ2) is 4.77. The number of pyridine rings is 1. The maximum absolute atomic E-state index is 10.5. The first-order valence-corrected chi connectivity index (χ1v) is 5.01. The van der Waals surface area contributed by atoms with Crippen molar-refractivity contribution in [3.8, 4) is 11.5 Å². The molecule has 1 heterocycles. The minimum absolute atomic E-state index is 0.210. The number of benzene rings is 1. The number of aromatic nitrogens is 1. The first-order chi connectivity index (χ1) is 7.79. The SMILES string of the molecule is O=Cc1ncc(Oc2ccccc2)cc1Cl. The quantitative estimate of drug-likeness (QED) is 0.764. The zero-order chi connectivity index (χ0) is 11.4. The third kappa shape index (κ3) is 2.38. The van der Waals surface area contributed by atoms with E-state index in [2.05, 4.69) is 4.98 Å². The molecule has 0 aliphatic carbocycles. The van der Waals surface area contributed by atoms with Gasteiger partial charge in [0.2, 0.25) is 0 Å². The second-order valence-electron chi connectivity index (χ2n) is 3.07. The topological polar surface area (TPSA) is 39.2 Å². The molecule has 2 aromatic rings. The molecule has 0 spiro atoms. The largest absolute Gasteiger partial charge is 0.456 e. The average Bonchev–Trinajstić information content (AvgIpc) is 2.31. The van der Waals surface area contributed by atoms with Crippen molar-refractivity contribution in [2.45, 2.75) is 0 Å². The molecular weight excluding hydrogens is 226 g/mol. The number of ether oxygens (including phenoxy) is 1. The highest BCUT2D eigenvalue weighted by Crippen LogP contribution is 2.24. The molecule has 0 amide bonds. The van der Waals surface area contributed by atoms with Crippen LogP contribution in [0, 0.1) is 0 Å². The van der Waals surface area contributed by atoms with Crippen LogP contribution >= 0.6 is 11.6 Å². The summed E-state index contributed by atoms with van der Waals surface area (Å²) >= 11 is 5.82. The average molecular weight is 234 g/mol. The normalized spacial score (nSPS) is 9.81. The van der Waals surface area contributed by atoms with Crippen molar-refractivity contribution in [1.29, 1.82) is 0 Å². The molecule has 80 valence electrons. The van der Waals surface area contributed by atoms with E-state index in [0.717, 1.165) is 0 Å². The minimum Gasteiger partial charge on any atom is -0.456 e. The lowest BCUT2D eigenvalue weighted by Crippen LogP contribution is -1.90. The Balaban J connectivity index is 2.23. The molecule has 1 aromatic heterocycles. The van der Waals surface area contributed by atoms with E-state index in [1.807, 2.05) is 30.3 Å². The third-order valence-electron chi connectivity index (χ3n) is 1.94. The van der Waals surface area contributed by atoms with Crippen molar-refractivity contribution < 1.29 is 9.53 Å². The second-order valence-corrected chi connectivity index (χ2v) is 3.48. The lowest BCUT2D eigenvalue weighted by Gasteiger charge is -2.05. The lowest BCUT2D eigenvalue weighted by atomic mass is 10.3. The smallest absolute Gasteiger partial charge is 0.169 e. The van der Waals surface area contributed by atoms with E-state index in [0.29, 0.717) is 17.8 Å². The summed E-state index contributed by atoms with van der Waals surface area (Å²) in [4.78, 5) is 14.4. The third-order valence-corrected chi connectivity index (χ3v) is 2.24. The standard InChI is InChI=1S/C12H8ClNO2/c13-11-6-10(7-14-12(11)8-15)16-9-4-2-1-3-5-9/h1-8H. The Morgan fingerprint density at radius 3 is 2.56 bits per heavy atom. The van der Waals surface area contributed by atoms with Gasteiger partial charge in [-0.2, -0.15) is 0 Å². The van der Waals surface area contributed by atoms with Crippen LogP contribution in [-0.2, 0) is 0 Å². The van der Waals surface area contributed by atoms with Gasteiger partial charge in [0.25, 0.3) is 0 Å². The molecule has 0 radical (unpaired) electrons. The van der Waals surface area contributed by atoms with Gasteiger partial charge in [-0.25, -0.2) is 4.98 Å². The van der Waals surface area contributed by atoms with Crippen LogP contribution in [0.15, 0.2) is 42.6 Å². The summed E-state index contributed by atoms with van der Waals surface area (Å²) in [7, 11) is 0. The van der Waals surface area contributed by atoms with Crippen molar-refractivity contribution in [2.75, 3.05) is 0 Å². The highest BCUT2D eigenvalue weighted by Gasteiger charge is 2.03. The molecule has 0 saturated heterocycles. The first-order valence-electron chi connectivity index (χ1n) is 4.63. The molecule has 0 fully saturated rings. The number of rotatable bonds is 3. The molecule has 16 heavy (non-hydrogen) atoms. The van der Waals surface area contributed by atoms with E-state index >= 15 is 0 Å². The number of nitrogens with zero attached hydrogens (tertiary/aromatic N) is 1. The summed E-state index contributed by atoms with van der Waals surface area (Å²) < 4.78 is 5.50. The fourth-order valence-corrected chi connectivity index (χ4v) is 1.40. The van der Waals surface area contributed by atoms with Gasteiger partial charge in [-0.15, -0.1) is 0 Å². The van der Waals surface area contributed by atoms with Crippen LogP contribution in [0.25, 0.3) is 0 Å². The Kier molecular flexibility index (Phi) is 3.17. The Labute approximate surface area is 97.7 Å². The van der Waals surface area contributed by atoms with Crippen molar-refractivity contribution in [1.82, 2.24) is 4.98 Å². The van der Waals surface area contributed by atoms with Crippen molar-refractivity contribution in [3.05, 3.63) is 53.3 Å².